The predicted molar refractivity (Wildman–Crippen MR) is 134 cm³/mol. The van der Waals surface area contributed by atoms with Crippen molar-refractivity contribution in [2.75, 3.05) is 31.1 Å². The standard InChI is InChI=1S/C27H28F2N6O3/c1-27(2)21-13-19(34-11-9-33(10-12-34)18-5-6-18)7-8-20(21)25(36)35(26(27)37)15-17-4-3-16(14-30-17)23-31-32-24(38-23)22(28)29/h3-4,7-8,13-14,18,22H,5-6,9-12,15H2,1-2H3. The molecule has 3 aromatic rings. The average Bonchev–Trinajstić information content (AvgIpc) is 3.66. The molecule has 4 heterocycles. The number of hydrogen-bond acceptors (Lipinski definition) is 8. The Morgan fingerprint density at radius 1 is 1.05 bits per heavy atom. The van der Waals surface area contributed by atoms with Crippen molar-refractivity contribution in [3.05, 3.63) is 59.2 Å². The molecule has 1 aromatic carbocycles. The molecule has 9 nitrogen and oxygen atoms in total. The lowest BCUT2D eigenvalue weighted by Crippen LogP contribution is -2.51. The maximum atomic E-state index is 13.5. The SMILES string of the molecule is CC1(C)C(=O)N(Cc2ccc(-c3nnc(C(F)F)o3)cn2)C(=O)c2ccc(N3CCN(C4CC4)CC3)cc21. The zero-order chi connectivity index (χ0) is 26.6. The van der Waals surface area contributed by atoms with Crippen LogP contribution in [0.25, 0.3) is 11.5 Å². The first kappa shape index (κ1) is 24.6. The largest absolute Gasteiger partial charge is 0.415 e. The molecule has 2 aromatic heterocycles. The molecule has 2 amide bonds. The highest BCUT2D eigenvalue weighted by Crippen LogP contribution is 2.38. The van der Waals surface area contributed by atoms with Crippen molar-refractivity contribution >= 4 is 17.5 Å². The normalized spacial score (nSPS) is 19.8. The Labute approximate surface area is 218 Å². The molecular weight excluding hydrogens is 494 g/mol. The second kappa shape index (κ2) is 9.23. The Balaban J connectivity index is 1.20. The van der Waals surface area contributed by atoms with Crippen LogP contribution in [0.5, 0.6) is 0 Å². The fourth-order valence-corrected chi connectivity index (χ4v) is 5.30. The van der Waals surface area contributed by atoms with E-state index >= 15 is 0 Å². The number of hydrogen-bond donors (Lipinski definition) is 0. The molecule has 2 aliphatic heterocycles. The Morgan fingerprint density at radius 2 is 1.82 bits per heavy atom. The van der Waals surface area contributed by atoms with Gasteiger partial charge in [-0.15, -0.1) is 10.2 Å². The van der Waals surface area contributed by atoms with Gasteiger partial charge < -0.3 is 9.32 Å². The summed E-state index contributed by atoms with van der Waals surface area (Å²) in [5.41, 5.74) is 2.21. The molecule has 6 rings (SSSR count). The first-order chi connectivity index (χ1) is 18.2. The summed E-state index contributed by atoms with van der Waals surface area (Å²) < 4.78 is 30.4. The van der Waals surface area contributed by atoms with Crippen LogP contribution in [0, 0.1) is 0 Å². The van der Waals surface area contributed by atoms with Gasteiger partial charge in [0.05, 0.1) is 23.2 Å². The van der Waals surface area contributed by atoms with Crippen LogP contribution in [0.1, 0.15) is 60.6 Å². The van der Waals surface area contributed by atoms with Crippen LogP contribution in [0.4, 0.5) is 14.5 Å². The van der Waals surface area contributed by atoms with Gasteiger partial charge in [-0.05, 0) is 62.6 Å². The number of rotatable bonds is 6. The molecule has 1 saturated carbocycles. The number of imide groups is 1. The van der Waals surface area contributed by atoms with E-state index in [0.29, 0.717) is 16.8 Å². The second-order valence-corrected chi connectivity index (χ2v) is 10.6. The highest BCUT2D eigenvalue weighted by Gasteiger charge is 2.45. The lowest BCUT2D eigenvalue weighted by molar-refractivity contribution is -0.134. The van der Waals surface area contributed by atoms with Crippen LogP contribution in [-0.2, 0) is 16.8 Å². The minimum Gasteiger partial charge on any atom is -0.415 e. The number of pyridine rings is 1. The molecule has 0 unspecified atom stereocenters. The van der Waals surface area contributed by atoms with E-state index in [-0.39, 0.29) is 24.2 Å². The maximum absolute atomic E-state index is 13.5. The molecule has 198 valence electrons. The molecule has 0 radical (unpaired) electrons. The number of benzene rings is 1. The minimum atomic E-state index is -2.86. The number of fused-ring (bicyclic) bond motifs is 1. The van der Waals surface area contributed by atoms with Gasteiger partial charge in [-0.2, -0.15) is 8.78 Å². The van der Waals surface area contributed by atoms with Gasteiger partial charge in [0.1, 0.15) is 0 Å². The van der Waals surface area contributed by atoms with Crippen LogP contribution in [0.3, 0.4) is 0 Å². The number of alkyl halides is 2. The summed E-state index contributed by atoms with van der Waals surface area (Å²) in [7, 11) is 0. The van der Waals surface area contributed by atoms with E-state index in [2.05, 4.69) is 25.0 Å². The van der Waals surface area contributed by atoms with Gasteiger partial charge in [-0.25, -0.2) is 0 Å². The number of amides is 2. The number of piperazine rings is 1. The smallest absolute Gasteiger partial charge is 0.314 e. The number of carbonyl (C=O) groups excluding carboxylic acids is 2. The Kier molecular flexibility index (Phi) is 5.97. The predicted octanol–water partition coefficient (Wildman–Crippen LogP) is 3.81. The maximum Gasteiger partial charge on any atom is 0.314 e. The second-order valence-electron chi connectivity index (χ2n) is 10.6. The van der Waals surface area contributed by atoms with E-state index in [1.165, 1.54) is 23.9 Å². The fraction of sp³-hybridized carbons (Fsp3) is 0.444. The summed E-state index contributed by atoms with van der Waals surface area (Å²) in [4.78, 5) is 37.4. The van der Waals surface area contributed by atoms with Crippen LogP contribution >= 0.6 is 0 Å². The number of aromatic nitrogens is 3. The molecule has 1 saturated heterocycles. The Morgan fingerprint density at radius 3 is 2.45 bits per heavy atom. The van der Waals surface area contributed by atoms with Crippen LogP contribution < -0.4 is 4.90 Å². The van der Waals surface area contributed by atoms with Crippen LogP contribution in [-0.4, -0.2) is 69.0 Å². The molecule has 38 heavy (non-hydrogen) atoms. The third kappa shape index (κ3) is 4.34. The zero-order valence-electron chi connectivity index (χ0n) is 21.2. The molecule has 0 bridgehead atoms. The van der Waals surface area contributed by atoms with Gasteiger partial charge in [-0.1, -0.05) is 0 Å². The molecule has 3 aliphatic rings. The van der Waals surface area contributed by atoms with Crippen molar-refractivity contribution in [3.63, 3.8) is 0 Å². The van der Waals surface area contributed by atoms with E-state index in [9.17, 15) is 18.4 Å². The number of carbonyl (C=O) groups is 2. The third-order valence-electron chi connectivity index (χ3n) is 7.69. The summed E-state index contributed by atoms with van der Waals surface area (Å²) in [6.45, 7) is 7.59. The first-order valence-corrected chi connectivity index (χ1v) is 12.8. The Bertz CT molecular complexity index is 1380. The van der Waals surface area contributed by atoms with Gasteiger partial charge in [0.25, 0.3) is 11.8 Å². The summed E-state index contributed by atoms with van der Waals surface area (Å²) in [6, 6.07) is 9.74. The van der Waals surface area contributed by atoms with Gasteiger partial charge in [0.2, 0.25) is 11.8 Å². The van der Waals surface area contributed by atoms with Crippen molar-refractivity contribution in [2.45, 2.75) is 51.1 Å². The molecule has 2 fully saturated rings. The summed E-state index contributed by atoms with van der Waals surface area (Å²) in [5, 5.41) is 6.93. The van der Waals surface area contributed by atoms with Gasteiger partial charge in [-0.3, -0.25) is 24.4 Å². The van der Waals surface area contributed by atoms with Crippen molar-refractivity contribution in [1.82, 2.24) is 25.0 Å². The summed E-state index contributed by atoms with van der Waals surface area (Å²) in [6.07, 6.45) is 1.13. The third-order valence-corrected chi connectivity index (χ3v) is 7.69. The van der Waals surface area contributed by atoms with Crippen molar-refractivity contribution < 1.29 is 22.8 Å². The van der Waals surface area contributed by atoms with E-state index < -0.39 is 17.7 Å². The van der Waals surface area contributed by atoms with Gasteiger partial charge >= 0.3 is 6.43 Å². The van der Waals surface area contributed by atoms with E-state index in [0.717, 1.165) is 43.5 Å². The average molecular weight is 523 g/mol. The van der Waals surface area contributed by atoms with Gasteiger partial charge in [0, 0.05) is 49.7 Å². The molecule has 1 aliphatic carbocycles. The topological polar surface area (TPSA) is 95.7 Å². The van der Waals surface area contributed by atoms with Crippen molar-refractivity contribution in [1.29, 1.82) is 0 Å². The van der Waals surface area contributed by atoms with Gasteiger partial charge in [0.15, 0.2) is 0 Å². The molecule has 0 N–H and O–H groups in total. The van der Waals surface area contributed by atoms with Crippen LogP contribution in [0.15, 0.2) is 40.9 Å². The molecular formula is C27H28F2N6O3. The lowest BCUT2D eigenvalue weighted by atomic mass is 9.77. The van der Waals surface area contributed by atoms with E-state index in [4.69, 9.17) is 4.42 Å². The highest BCUT2D eigenvalue weighted by atomic mass is 19.3. The quantitative estimate of drug-likeness (QED) is 0.451. The van der Waals surface area contributed by atoms with Crippen LogP contribution in [0.2, 0.25) is 0 Å². The molecule has 0 spiro atoms. The first-order valence-electron chi connectivity index (χ1n) is 12.8. The zero-order valence-corrected chi connectivity index (χ0v) is 21.2. The fourth-order valence-electron chi connectivity index (χ4n) is 5.30. The number of nitrogens with zero attached hydrogens (tertiary/aromatic N) is 6. The molecule has 0 atom stereocenters. The molecule has 11 heteroatoms. The number of halogens is 2. The van der Waals surface area contributed by atoms with E-state index in [1.54, 1.807) is 12.1 Å². The summed E-state index contributed by atoms with van der Waals surface area (Å²) in [5.74, 6) is -1.50. The lowest BCUT2D eigenvalue weighted by Gasteiger charge is -2.39. The summed E-state index contributed by atoms with van der Waals surface area (Å²) >= 11 is 0. The minimum absolute atomic E-state index is 0.0161. The van der Waals surface area contributed by atoms with Crippen molar-refractivity contribution in [2.24, 2.45) is 0 Å². The highest BCUT2D eigenvalue weighted by molar-refractivity contribution is 6.13. The Hall–Kier alpha value is -3.73. The monoisotopic (exact) mass is 522 g/mol. The van der Waals surface area contributed by atoms with Crippen molar-refractivity contribution in [3.8, 4) is 11.5 Å². The van der Waals surface area contributed by atoms with E-state index in [1.807, 2.05) is 32.0 Å². The number of anilines is 1.